The molecule has 1 aromatic rings. The summed E-state index contributed by atoms with van der Waals surface area (Å²) in [5.74, 6) is -1.23. The third kappa shape index (κ3) is 6.38. The number of ether oxygens (including phenoxy) is 2. The van der Waals surface area contributed by atoms with Crippen molar-refractivity contribution in [3.8, 4) is 5.75 Å². The molecule has 0 unspecified atom stereocenters. The van der Waals surface area contributed by atoms with E-state index in [0.717, 1.165) is 25.0 Å². The van der Waals surface area contributed by atoms with Crippen molar-refractivity contribution in [2.24, 2.45) is 0 Å². The minimum Gasteiger partial charge on any atom is -0.463 e. The van der Waals surface area contributed by atoms with Gasteiger partial charge in [0.05, 0.1) is 21.7 Å². The Hall–Kier alpha value is -1.23. The summed E-state index contributed by atoms with van der Waals surface area (Å²) < 4.78 is 9.79. The van der Waals surface area contributed by atoms with Crippen LogP contribution in [0.4, 0.5) is 0 Å². The Kier molecular flexibility index (Phi) is 7.57. The van der Waals surface area contributed by atoms with Crippen molar-refractivity contribution in [2.45, 2.75) is 19.8 Å². The van der Waals surface area contributed by atoms with E-state index < -0.39 is 11.9 Å². The zero-order chi connectivity index (χ0) is 15.8. The Bertz CT molecular complexity index is 532. The maximum Gasteiger partial charge on any atom is 0.336 e. The van der Waals surface area contributed by atoms with Gasteiger partial charge in [0.15, 0.2) is 0 Å². The van der Waals surface area contributed by atoms with Crippen molar-refractivity contribution in [1.82, 2.24) is 0 Å². The monoisotopic (exact) mass is 350 g/mol. The van der Waals surface area contributed by atoms with Gasteiger partial charge in [-0.05, 0) is 6.42 Å². The average Bonchev–Trinajstić information content (AvgIpc) is 2.43. The Morgan fingerprint density at radius 2 is 1.67 bits per heavy atom. The fourth-order valence-corrected chi connectivity index (χ4v) is 1.82. The molecule has 0 aliphatic carbocycles. The minimum atomic E-state index is -0.753. The number of hydrogen-bond donors (Lipinski definition) is 0. The van der Waals surface area contributed by atoms with E-state index in [-0.39, 0.29) is 20.8 Å². The van der Waals surface area contributed by atoms with Crippen LogP contribution in [0.25, 0.3) is 0 Å². The summed E-state index contributed by atoms with van der Waals surface area (Å²) in [6.07, 6.45) is 3.64. The lowest BCUT2D eigenvalue weighted by molar-refractivity contribution is -0.138. The molecule has 0 N–H and O–H groups in total. The molecular weight excluding hydrogens is 339 g/mol. The van der Waals surface area contributed by atoms with E-state index in [2.05, 4.69) is 0 Å². The smallest absolute Gasteiger partial charge is 0.336 e. The zero-order valence-electron chi connectivity index (χ0n) is 11.2. The zero-order valence-corrected chi connectivity index (χ0v) is 13.5. The number of benzene rings is 1. The molecule has 1 aromatic carbocycles. The van der Waals surface area contributed by atoms with E-state index in [1.54, 1.807) is 0 Å². The number of rotatable bonds is 6. The normalized spacial score (nSPS) is 10.7. The van der Waals surface area contributed by atoms with Gasteiger partial charge in [-0.1, -0.05) is 48.1 Å². The van der Waals surface area contributed by atoms with E-state index in [4.69, 9.17) is 44.3 Å². The molecule has 0 fully saturated rings. The minimum absolute atomic E-state index is 0.128. The highest BCUT2D eigenvalue weighted by Crippen LogP contribution is 2.34. The Morgan fingerprint density at radius 3 is 2.24 bits per heavy atom. The SMILES string of the molecule is CCCCOC(=O)/C=C/C(=O)Oc1cc(Cl)c(Cl)c(Cl)c1. The molecule has 7 heteroatoms. The van der Waals surface area contributed by atoms with Gasteiger partial charge in [0.1, 0.15) is 5.75 Å². The molecule has 1 rings (SSSR count). The molecule has 114 valence electrons. The molecule has 0 heterocycles. The van der Waals surface area contributed by atoms with Gasteiger partial charge < -0.3 is 9.47 Å². The molecule has 21 heavy (non-hydrogen) atoms. The Balaban J connectivity index is 2.56. The van der Waals surface area contributed by atoms with Crippen LogP contribution < -0.4 is 4.74 Å². The average molecular weight is 352 g/mol. The van der Waals surface area contributed by atoms with Crippen molar-refractivity contribution in [3.05, 3.63) is 39.4 Å². The van der Waals surface area contributed by atoms with Crippen molar-refractivity contribution >= 4 is 46.7 Å². The molecule has 0 saturated carbocycles. The molecule has 0 spiro atoms. The summed E-state index contributed by atoms with van der Waals surface area (Å²) in [6, 6.07) is 2.70. The lowest BCUT2D eigenvalue weighted by Crippen LogP contribution is -2.07. The van der Waals surface area contributed by atoms with E-state index in [9.17, 15) is 9.59 Å². The van der Waals surface area contributed by atoms with Crippen LogP contribution in [-0.4, -0.2) is 18.5 Å². The van der Waals surface area contributed by atoms with Crippen LogP contribution in [0.1, 0.15) is 19.8 Å². The summed E-state index contributed by atoms with van der Waals surface area (Å²) in [7, 11) is 0. The maximum atomic E-state index is 11.5. The molecule has 4 nitrogen and oxygen atoms in total. The molecule has 0 bridgehead atoms. The summed E-state index contributed by atoms with van der Waals surface area (Å²) in [6.45, 7) is 2.29. The molecule has 0 atom stereocenters. The number of halogens is 3. The number of carbonyl (C=O) groups is 2. The molecule has 0 amide bonds. The molecule has 0 aliphatic heterocycles. The highest BCUT2D eigenvalue weighted by Gasteiger charge is 2.09. The van der Waals surface area contributed by atoms with Gasteiger partial charge in [0, 0.05) is 24.3 Å². The van der Waals surface area contributed by atoms with E-state index in [0.29, 0.717) is 6.61 Å². The van der Waals surface area contributed by atoms with Crippen LogP contribution in [0.5, 0.6) is 5.75 Å². The van der Waals surface area contributed by atoms with Crippen molar-refractivity contribution in [3.63, 3.8) is 0 Å². The van der Waals surface area contributed by atoms with E-state index in [1.165, 1.54) is 12.1 Å². The van der Waals surface area contributed by atoms with Crippen LogP contribution >= 0.6 is 34.8 Å². The van der Waals surface area contributed by atoms with Gasteiger partial charge in [-0.2, -0.15) is 0 Å². The number of unbranched alkanes of at least 4 members (excludes halogenated alkanes) is 1. The van der Waals surface area contributed by atoms with Crippen LogP contribution in [0.3, 0.4) is 0 Å². The largest absolute Gasteiger partial charge is 0.463 e. The summed E-state index contributed by atoms with van der Waals surface area (Å²) in [5.41, 5.74) is 0. The maximum absolute atomic E-state index is 11.5. The third-order valence-electron chi connectivity index (χ3n) is 2.27. The lowest BCUT2D eigenvalue weighted by Gasteiger charge is -2.04. The molecule has 0 radical (unpaired) electrons. The van der Waals surface area contributed by atoms with Gasteiger partial charge in [0.2, 0.25) is 0 Å². The first-order valence-corrected chi connectivity index (χ1v) is 7.28. The topological polar surface area (TPSA) is 52.6 Å². The van der Waals surface area contributed by atoms with Crippen LogP contribution in [-0.2, 0) is 14.3 Å². The molecule has 0 aromatic heterocycles. The quantitative estimate of drug-likeness (QED) is 0.250. The fourth-order valence-electron chi connectivity index (χ4n) is 1.24. The summed E-state index contributed by atoms with van der Waals surface area (Å²) >= 11 is 17.4. The first-order valence-electron chi connectivity index (χ1n) is 6.15. The highest BCUT2D eigenvalue weighted by atomic mass is 35.5. The Labute approximate surface area is 137 Å². The van der Waals surface area contributed by atoms with Gasteiger partial charge in [0.25, 0.3) is 0 Å². The van der Waals surface area contributed by atoms with Crippen molar-refractivity contribution < 1.29 is 19.1 Å². The van der Waals surface area contributed by atoms with Gasteiger partial charge in [-0.15, -0.1) is 0 Å². The second-order valence-corrected chi connectivity index (χ2v) is 5.17. The van der Waals surface area contributed by atoms with Crippen LogP contribution in [0, 0.1) is 0 Å². The van der Waals surface area contributed by atoms with Gasteiger partial charge >= 0.3 is 11.9 Å². The number of carbonyl (C=O) groups excluding carboxylic acids is 2. The standard InChI is InChI=1S/C14H13Cl3O4/c1-2-3-6-20-12(18)4-5-13(19)21-9-7-10(15)14(17)11(16)8-9/h4-5,7-8H,2-3,6H2,1H3/b5-4+. The molecule has 0 aliphatic rings. The summed E-state index contributed by atoms with van der Waals surface area (Å²) in [4.78, 5) is 22.8. The predicted molar refractivity (Wildman–Crippen MR) is 82.1 cm³/mol. The highest BCUT2D eigenvalue weighted by molar-refractivity contribution is 6.48. The predicted octanol–water partition coefficient (Wildman–Crippen LogP) is 4.45. The second-order valence-electron chi connectivity index (χ2n) is 3.98. The number of hydrogen-bond acceptors (Lipinski definition) is 4. The first-order chi connectivity index (χ1) is 9.93. The van der Waals surface area contributed by atoms with Crippen molar-refractivity contribution in [1.29, 1.82) is 0 Å². The molecule has 0 saturated heterocycles. The van der Waals surface area contributed by atoms with Crippen LogP contribution in [0.15, 0.2) is 24.3 Å². The van der Waals surface area contributed by atoms with Gasteiger partial charge in [-0.3, -0.25) is 0 Å². The fraction of sp³-hybridized carbons (Fsp3) is 0.286. The van der Waals surface area contributed by atoms with Crippen molar-refractivity contribution in [2.75, 3.05) is 6.61 Å². The third-order valence-corrected chi connectivity index (χ3v) is 3.47. The van der Waals surface area contributed by atoms with Crippen LogP contribution in [0.2, 0.25) is 15.1 Å². The summed E-state index contributed by atoms with van der Waals surface area (Å²) in [5, 5.41) is 0.498. The van der Waals surface area contributed by atoms with E-state index >= 15 is 0 Å². The lowest BCUT2D eigenvalue weighted by atomic mass is 10.3. The Morgan fingerprint density at radius 1 is 1.10 bits per heavy atom. The second kappa shape index (κ2) is 8.93. The molecular formula is C14H13Cl3O4. The number of esters is 2. The van der Waals surface area contributed by atoms with E-state index in [1.807, 2.05) is 6.92 Å². The first kappa shape index (κ1) is 17.8. The van der Waals surface area contributed by atoms with Gasteiger partial charge in [-0.25, -0.2) is 9.59 Å².